The minimum absolute atomic E-state index is 0.152. The van der Waals surface area contributed by atoms with E-state index in [9.17, 15) is 9.59 Å². The summed E-state index contributed by atoms with van der Waals surface area (Å²) in [5.74, 6) is 1.26. The molecule has 0 aliphatic carbocycles. The lowest BCUT2D eigenvalue weighted by Crippen LogP contribution is -2.46. The Balaban J connectivity index is 1.01. The van der Waals surface area contributed by atoms with E-state index < -0.39 is 0 Å². The quantitative estimate of drug-likeness (QED) is 0.180. The molecule has 2 aliphatic heterocycles. The molecule has 2 atom stereocenters. The Morgan fingerprint density at radius 1 is 0.913 bits per heavy atom. The lowest BCUT2D eigenvalue weighted by molar-refractivity contribution is 0.0526. The number of carbonyl (C=O) groups excluding carboxylic acids is 2. The van der Waals surface area contributed by atoms with E-state index in [-0.39, 0.29) is 29.4 Å². The van der Waals surface area contributed by atoms with Gasteiger partial charge in [0.05, 0.1) is 16.9 Å². The van der Waals surface area contributed by atoms with Crippen LogP contribution < -0.4 is 10.6 Å². The molecule has 7 rings (SSSR count). The molecule has 2 bridgehead atoms. The van der Waals surface area contributed by atoms with Crippen LogP contribution in [0.4, 0.5) is 16.3 Å². The first-order valence-electron chi connectivity index (χ1n) is 16.4. The predicted molar refractivity (Wildman–Crippen MR) is 184 cm³/mol. The second-order valence-corrected chi connectivity index (χ2v) is 14.1. The lowest BCUT2D eigenvalue weighted by atomic mass is 9.85. The summed E-state index contributed by atoms with van der Waals surface area (Å²) in [6.45, 7) is 8.39. The molecule has 3 N–H and O–H groups in total. The van der Waals surface area contributed by atoms with Gasteiger partial charge in [0, 0.05) is 46.4 Å². The molecular weight excluding hydrogens is 572 g/mol. The van der Waals surface area contributed by atoms with Gasteiger partial charge in [0.15, 0.2) is 0 Å². The maximum Gasteiger partial charge on any atom is 0.324 e. The fourth-order valence-corrected chi connectivity index (χ4v) is 7.28. The van der Waals surface area contributed by atoms with Crippen LogP contribution in [-0.4, -0.2) is 43.7 Å². The van der Waals surface area contributed by atoms with Crippen molar-refractivity contribution in [2.24, 2.45) is 5.92 Å². The topological polar surface area (TPSA) is 95.1 Å². The Kier molecular flexibility index (Phi) is 7.67. The number of benzene rings is 3. The first-order chi connectivity index (χ1) is 22.1. The number of H-pyrrole nitrogens is 1. The number of hydrogen-bond acceptors (Lipinski definition) is 3. The highest BCUT2D eigenvalue weighted by Gasteiger charge is 2.43. The average Bonchev–Trinajstić information content (AvgIpc) is 3.72. The van der Waals surface area contributed by atoms with E-state index in [1.807, 2.05) is 72.9 Å². The third kappa shape index (κ3) is 5.91. The lowest BCUT2D eigenvalue weighted by Gasteiger charge is -2.39. The van der Waals surface area contributed by atoms with Crippen LogP contribution in [-0.2, 0) is 11.8 Å². The number of para-hydroxylation sites is 1. The molecule has 2 unspecified atom stereocenters. The fourth-order valence-electron chi connectivity index (χ4n) is 7.28. The second kappa shape index (κ2) is 11.8. The molecule has 2 aliphatic rings. The first-order valence-corrected chi connectivity index (χ1v) is 16.4. The molecule has 236 valence electrons. The second-order valence-electron chi connectivity index (χ2n) is 14.1. The number of amides is 3. The molecule has 8 nitrogen and oxygen atoms in total. The highest BCUT2D eigenvalue weighted by atomic mass is 16.2. The van der Waals surface area contributed by atoms with Crippen molar-refractivity contribution >= 4 is 34.3 Å². The summed E-state index contributed by atoms with van der Waals surface area (Å²) in [4.78, 5) is 32.4. The van der Waals surface area contributed by atoms with Crippen LogP contribution in [0.15, 0.2) is 85.1 Å². The minimum atomic E-state index is -0.312. The Labute approximate surface area is 270 Å². The van der Waals surface area contributed by atoms with Crippen molar-refractivity contribution in [3.8, 4) is 5.69 Å². The predicted octanol–water partition coefficient (Wildman–Crippen LogP) is 8.23. The van der Waals surface area contributed by atoms with E-state index in [1.54, 1.807) is 4.68 Å². The smallest absolute Gasteiger partial charge is 0.324 e. The zero-order valence-corrected chi connectivity index (χ0v) is 27.0. The number of aromatic amines is 1. The van der Waals surface area contributed by atoms with Gasteiger partial charge in [0.2, 0.25) is 0 Å². The van der Waals surface area contributed by atoms with Gasteiger partial charge in [-0.3, -0.25) is 10.1 Å². The van der Waals surface area contributed by atoms with Crippen LogP contribution in [0.25, 0.3) is 16.6 Å². The van der Waals surface area contributed by atoms with E-state index in [2.05, 4.69) is 60.3 Å². The maximum absolute atomic E-state index is 13.7. The molecule has 0 spiro atoms. The van der Waals surface area contributed by atoms with Crippen LogP contribution in [0, 0.1) is 12.8 Å². The Morgan fingerprint density at radius 3 is 2.39 bits per heavy atom. The van der Waals surface area contributed by atoms with Gasteiger partial charge >= 0.3 is 6.03 Å². The Hall–Kier alpha value is -4.85. The van der Waals surface area contributed by atoms with Gasteiger partial charge in [-0.1, -0.05) is 68.8 Å². The highest BCUT2D eigenvalue weighted by molar-refractivity contribution is 6.07. The molecule has 0 saturated carbocycles. The molecule has 3 amide bonds. The maximum atomic E-state index is 13.7. The number of nitrogens with one attached hydrogen (secondary N) is 3. The van der Waals surface area contributed by atoms with Gasteiger partial charge in [0.25, 0.3) is 5.91 Å². The van der Waals surface area contributed by atoms with E-state index in [0.29, 0.717) is 11.7 Å². The van der Waals surface area contributed by atoms with Crippen molar-refractivity contribution in [1.29, 1.82) is 0 Å². The van der Waals surface area contributed by atoms with E-state index in [4.69, 9.17) is 5.10 Å². The number of anilines is 2. The molecule has 5 aromatic rings. The molecule has 4 heterocycles. The summed E-state index contributed by atoms with van der Waals surface area (Å²) < 4.78 is 1.79. The van der Waals surface area contributed by atoms with Crippen molar-refractivity contribution in [3.05, 3.63) is 107 Å². The first kappa shape index (κ1) is 29.8. The molecule has 2 fully saturated rings. The monoisotopic (exact) mass is 614 g/mol. The van der Waals surface area contributed by atoms with Crippen molar-refractivity contribution < 1.29 is 9.59 Å². The Morgan fingerprint density at radius 2 is 1.65 bits per heavy atom. The van der Waals surface area contributed by atoms with Gasteiger partial charge in [-0.05, 0) is 80.8 Å². The van der Waals surface area contributed by atoms with Gasteiger partial charge in [-0.25, -0.2) is 9.48 Å². The molecule has 8 heteroatoms. The zero-order chi connectivity index (χ0) is 32.0. The van der Waals surface area contributed by atoms with Crippen molar-refractivity contribution in [1.82, 2.24) is 19.7 Å². The van der Waals surface area contributed by atoms with Gasteiger partial charge in [-0.2, -0.15) is 5.10 Å². The van der Waals surface area contributed by atoms with Crippen molar-refractivity contribution in [2.75, 3.05) is 10.6 Å². The Bertz CT molecular complexity index is 1880. The minimum Gasteiger partial charge on any atom is -0.360 e. The normalized spacial score (nSPS) is 19.4. The summed E-state index contributed by atoms with van der Waals surface area (Å²) >= 11 is 0. The number of aromatic nitrogens is 3. The van der Waals surface area contributed by atoms with Crippen molar-refractivity contribution in [2.45, 2.75) is 77.3 Å². The standard InChI is InChI=1S/C38H42N6O2/c1-24-12-14-28(15-13-24)44-35(22-34(42-44)38(2,3)4)41-37(46)40-27-9-7-8-25(19-27)18-26-20-29-16-17-30(21-26)43(29)36(45)32-23-39-33-11-6-5-10-31(32)33/h5-15,19,22-23,26,29-30,39H,16-18,20-21H2,1-4H3,(H2,40,41,46). The number of urea groups is 1. The SMILES string of the molecule is Cc1ccc(-n2nc(C(C)(C)C)cc2NC(=O)Nc2cccc(CC3CC4CCC(C3)N4C(=O)c3c[nH]c4ccccc34)c2)cc1. The van der Waals surface area contributed by atoms with E-state index in [1.165, 1.54) is 5.56 Å². The fraction of sp³-hybridized carbons (Fsp3) is 0.342. The largest absolute Gasteiger partial charge is 0.360 e. The van der Waals surface area contributed by atoms with Crippen LogP contribution in [0.3, 0.4) is 0 Å². The van der Waals surface area contributed by atoms with Gasteiger partial charge in [0.1, 0.15) is 5.82 Å². The summed E-state index contributed by atoms with van der Waals surface area (Å²) in [5, 5.41) is 11.9. The number of carbonyl (C=O) groups is 2. The number of nitrogens with zero attached hydrogens (tertiary/aromatic N) is 3. The number of hydrogen-bond donors (Lipinski definition) is 3. The number of rotatable bonds is 6. The zero-order valence-electron chi connectivity index (χ0n) is 27.0. The molecule has 2 saturated heterocycles. The third-order valence-corrected chi connectivity index (χ3v) is 9.59. The molecule has 2 aromatic heterocycles. The van der Waals surface area contributed by atoms with Crippen LogP contribution in [0.5, 0.6) is 0 Å². The van der Waals surface area contributed by atoms with Crippen LogP contribution >= 0.6 is 0 Å². The summed E-state index contributed by atoms with van der Waals surface area (Å²) in [6, 6.07) is 26.4. The third-order valence-electron chi connectivity index (χ3n) is 9.59. The van der Waals surface area contributed by atoms with Crippen molar-refractivity contribution in [3.63, 3.8) is 0 Å². The number of fused-ring (bicyclic) bond motifs is 3. The molecular formula is C38H42N6O2. The van der Waals surface area contributed by atoms with Crippen LogP contribution in [0.1, 0.15) is 73.6 Å². The van der Waals surface area contributed by atoms with Gasteiger partial charge in [-0.15, -0.1) is 0 Å². The van der Waals surface area contributed by atoms with Gasteiger partial charge < -0.3 is 15.2 Å². The summed E-state index contributed by atoms with van der Waals surface area (Å²) in [7, 11) is 0. The summed E-state index contributed by atoms with van der Waals surface area (Å²) in [6.07, 6.45) is 6.92. The number of aryl methyl sites for hydroxylation is 1. The average molecular weight is 615 g/mol. The summed E-state index contributed by atoms with van der Waals surface area (Å²) in [5.41, 5.74) is 6.50. The number of piperidine rings is 1. The highest BCUT2D eigenvalue weighted by Crippen LogP contribution is 2.41. The van der Waals surface area contributed by atoms with E-state index >= 15 is 0 Å². The molecule has 3 aromatic carbocycles. The van der Waals surface area contributed by atoms with E-state index in [0.717, 1.165) is 71.2 Å². The molecule has 46 heavy (non-hydrogen) atoms. The van der Waals surface area contributed by atoms with Crippen LogP contribution in [0.2, 0.25) is 0 Å². The molecule has 0 radical (unpaired) electrons.